The smallest absolute Gasteiger partial charge is 0.326 e. The van der Waals surface area contributed by atoms with Gasteiger partial charge in [0.25, 0.3) is 0 Å². The number of carbonyl (C=O) groups excluding carboxylic acids is 1. The lowest BCUT2D eigenvalue weighted by Crippen LogP contribution is -2.41. The van der Waals surface area contributed by atoms with Gasteiger partial charge in [-0.25, -0.2) is 4.79 Å². The third kappa shape index (κ3) is 5.71. The van der Waals surface area contributed by atoms with Crippen LogP contribution in [0.25, 0.3) is 6.08 Å². The van der Waals surface area contributed by atoms with Gasteiger partial charge in [-0.05, 0) is 29.3 Å². The van der Waals surface area contributed by atoms with Crippen LogP contribution in [0.15, 0.2) is 65.1 Å². The molecule has 5 heteroatoms. The van der Waals surface area contributed by atoms with E-state index in [0.29, 0.717) is 0 Å². The fraction of sp³-hybridized carbons (Fsp3) is 0.111. The lowest BCUT2D eigenvalue weighted by molar-refractivity contribution is -0.141. The fourth-order valence-electron chi connectivity index (χ4n) is 2.01. The van der Waals surface area contributed by atoms with Crippen molar-refractivity contribution in [1.29, 1.82) is 0 Å². The Kier molecular flexibility index (Phi) is 6.11. The lowest BCUT2D eigenvalue weighted by Gasteiger charge is -2.13. The summed E-state index contributed by atoms with van der Waals surface area (Å²) in [6.45, 7) is 0. The van der Waals surface area contributed by atoms with Gasteiger partial charge in [-0.2, -0.15) is 0 Å². The highest BCUT2D eigenvalue weighted by Gasteiger charge is 2.19. The van der Waals surface area contributed by atoms with Gasteiger partial charge >= 0.3 is 5.97 Å². The van der Waals surface area contributed by atoms with Crippen molar-refractivity contribution in [3.63, 3.8) is 0 Å². The minimum atomic E-state index is -1.06. The van der Waals surface area contributed by atoms with E-state index in [1.165, 1.54) is 6.08 Å². The number of carboxylic acids is 1. The SMILES string of the molecule is O=C(/C=C/c1ccccc1)N[C@@H](Cc1ccc(Br)cc1)C(=O)O. The standard InChI is InChI=1S/C18H16BrNO3/c19-15-9-6-14(7-10-15)12-16(18(22)23)20-17(21)11-8-13-4-2-1-3-5-13/h1-11,16H,12H2,(H,20,21)(H,22,23)/b11-8+/t16-/m0/s1. The first-order valence-corrected chi connectivity index (χ1v) is 7.85. The van der Waals surface area contributed by atoms with E-state index in [9.17, 15) is 14.7 Å². The van der Waals surface area contributed by atoms with E-state index in [-0.39, 0.29) is 6.42 Å². The third-order valence-electron chi connectivity index (χ3n) is 3.19. The number of carbonyl (C=O) groups is 2. The van der Waals surface area contributed by atoms with E-state index < -0.39 is 17.9 Å². The van der Waals surface area contributed by atoms with Crippen molar-refractivity contribution < 1.29 is 14.7 Å². The first-order valence-electron chi connectivity index (χ1n) is 7.05. The molecule has 0 heterocycles. The van der Waals surface area contributed by atoms with Crippen LogP contribution < -0.4 is 5.32 Å². The van der Waals surface area contributed by atoms with Crippen molar-refractivity contribution >= 4 is 33.9 Å². The summed E-state index contributed by atoms with van der Waals surface area (Å²) in [5.41, 5.74) is 1.72. The molecule has 0 unspecified atom stereocenters. The summed E-state index contributed by atoms with van der Waals surface area (Å²) in [6.07, 6.45) is 3.22. The Balaban J connectivity index is 1.98. The van der Waals surface area contributed by atoms with Crippen LogP contribution >= 0.6 is 15.9 Å². The summed E-state index contributed by atoms with van der Waals surface area (Å²) >= 11 is 3.33. The summed E-state index contributed by atoms with van der Waals surface area (Å²) in [4.78, 5) is 23.2. The Bertz CT molecular complexity index is 696. The molecule has 0 aliphatic rings. The van der Waals surface area contributed by atoms with E-state index in [2.05, 4.69) is 21.2 Å². The minimum Gasteiger partial charge on any atom is -0.480 e. The number of hydrogen-bond acceptors (Lipinski definition) is 2. The normalized spacial score (nSPS) is 12.0. The van der Waals surface area contributed by atoms with Gasteiger partial charge in [-0.1, -0.05) is 58.4 Å². The Labute approximate surface area is 143 Å². The van der Waals surface area contributed by atoms with Crippen LogP contribution in [0.2, 0.25) is 0 Å². The molecule has 4 nitrogen and oxygen atoms in total. The Morgan fingerprint density at radius 1 is 1.09 bits per heavy atom. The van der Waals surface area contributed by atoms with Crippen molar-refractivity contribution in [2.75, 3.05) is 0 Å². The molecule has 0 bridgehead atoms. The number of rotatable bonds is 6. The molecule has 118 valence electrons. The van der Waals surface area contributed by atoms with Gasteiger partial charge in [0.1, 0.15) is 6.04 Å². The van der Waals surface area contributed by atoms with Crippen LogP contribution in [0.5, 0.6) is 0 Å². The van der Waals surface area contributed by atoms with Gasteiger partial charge in [-0.3, -0.25) is 4.79 Å². The van der Waals surface area contributed by atoms with Crippen molar-refractivity contribution in [2.24, 2.45) is 0 Å². The molecule has 0 aromatic heterocycles. The predicted molar refractivity (Wildman–Crippen MR) is 92.9 cm³/mol. The fourth-order valence-corrected chi connectivity index (χ4v) is 2.28. The zero-order valence-corrected chi connectivity index (χ0v) is 13.9. The first kappa shape index (κ1) is 17.0. The van der Waals surface area contributed by atoms with Crippen LogP contribution in [0.3, 0.4) is 0 Å². The maximum Gasteiger partial charge on any atom is 0.326 e. The van der Waals surface area contributed by atoms with E-state index in [1.807, 2.05) is 54.6 Å². The third-order valence-corrected chi connectivity index (χ3v) is 3.72. The molecule has 0 fully saturated rings. The molecule has 23 heavy (non-hydrogen) atoms. The number of amides is 1. The summed E-state index contributed by atoms with van der Waals surface area (Å²) in [5.74, 6) is -1.49. The number of nitrogens with one attached hydrogen (secondary N) is 1. The number of carboxylic acid groups (broad SMARTS) is 1. The molecule has 1 amide bonds. The molecule has 0 aliphatic heterocycles. The van der Waals surface area contributed by atoms with E-state index >= 15 is 0 Å². The lowest BCUT2D eigenvalue weighted by atomic mass is 10.1. The molecule has 0 spiro atoms. The van der Waals surface area contributed by atoms with Crippen LogP contribution in [0.4, 0.5) is 0 Å². The average molecular weight is 374 g/mol. The Morgan fingerprint density at radius 3 is 2.35 bits per heavy atom. The topological polar surface area (TPSA) is 66.4 Å². The van der Waals surface area contributed by atoms with Gasteiger partial charge in [0.05, 0.1) is 0 Å². The molecule has 0 saturated carbocycles. The van der Waals surface area contributed by atoms with Gasteiger partial charge < -0.3 is 10.4 Å². The van der Waals surface area contributed by atoms with Gasteiger partial charge in [-0.15, -0.1) is 0 Å². The highest BCUT2D eigenvalue weighted by atomic mass is 79.9. The zero-order valence-electron chi connectivity index (χ0n) is 12.3. The molecule has 0 radical (unpaired) electrons. The van der Waals surface area contributed by atoms with Crippen molar-refractivity contribution in [1.82, 2.24) is 5.32 Å². The van der Waals surface area contributed by atoms with Gasteiger partial charge in [0.2, 0.25) is 5.91 Å². The van der Waals surface area contributed by atoms with Crippen LogP contribution in [0.1, 0.15) is 11.1 Å². The summed E-state index contributed by atoms with van der Waals surface area (Å²) in [5, 5.41) is 11.8. The van der Waals surface area contributed by atoms with Crippen LogP contribution in [-0.2, 0) is 16.0 Å². The summed E-state index contributed by atoms with van der Waals surface area (Å²) in [7, 11) is 0. The van der Waals surface area contributed by atoms with E-state index in [1.54, 1.807) is 6.08 Å². The quantitative estimate of drug-likeness (QED) is 0.763. The molecule has 0 aliphatic carbocycles. The molecule has 1 atom stereocenters. The van der Waals surface area contributed by atoms with E-state index in [0.717, 1.165) is 15.6 Å². The average Bonchev–Trinajstić information content (AvgIpc) is 2.55. The van der Waals surface area contributed by atoms with Crippen LogP contribution in [0, 0.1) is 0 Å². The molecule has 0 saturated heterocycles. The highest BCUT2D eigenvalue weighted by molar-refractivity contribution is 9.10. The van der Waals surface area contributed by atoms with Crippen molar-refractivity contribution in [3.05, 3.63) is 76.3 Å². The molecule has 2 rings (SSSR count). The first-order chi connectivity index (χ1) is 11.0. The molecule has 2 N–H and O–H groups in total. The molecule has 2 aromatic rings. The van der Waals surface area contributed by atoms with Gasteiger partial charge in [0.15, 0.2) is 0 Å². The maximum atomic E-state index is 11.9. The second-order valence-corrected chi connectivity index (χ2v) is 5.89. The monoisotopic (exact) mass is 373 g/mol. The van der Waals surface area contributed by atoms with Crippen molar-refractivity contribution in [3.8, 4) is 0 Å². The second kappa shape index (κ2) is 8.29. The molecular weight excluding hydrogens is 358 g/mol. The number of hydrogen-bond donors (Lipinski definition) is 2. The summed E-state index contributed by atoms with van der Waals surface area (Å²) < 4.78 is 0.919. The van der Waals surface area contributed by atoms with E-state index in [4.69, 9.17) is 0 Å². The predicted octanol–water partition coefficient (Wildman–Crippen LogP) is 3.27. The Morgan fingerprint density at radius 2 is 1.74 bits per heavy atom. The number of benzene rings is 2. The number of aliphatic carboxylic acids is 1. The Hall–Kier alpha value is -2.40. The van der Waals surface area contributed by atoms with Crippen molar-refractivity contribution in [2.45, 2.75) is 12.5 Å². The largest absolute Gasteiger partial charge is 0.480 e. The maximum absolute atomic E-state index is 11.9. The number of halogens is 1. The molecule has 2 aromatic carbocycles. The summed E-state index contributed by atoms with van der Waals surface area (Å²) in [6, 6.07) is 15.7. The van der Waals surface area contributed by atoms with Gasteiger partial charge in [0, 0.05) is 17.0 Å². The zero-order chi connectivity index (χ0) is 16.7. The highest BCUT2D eigenvalue weighted by Crippen LogP contribution is 2.12. The second-order valence-electron chi connectivity index (χ2n) is 4.97. The van der Waals surface area contributed by atoms with Crippen LogP contribution in [-0.4, -0.2) is 23.0 Å². The molecular formula is C18H16BrNO3. The minimum absolute atomic E-state index is 0.230.